The Labute approximate surface area is 141 Å². The monoisotopic (exact) mass is 339 g/mol. The van der Waals surface area contributed by atoms with Gasteiger partial charge in [0.05, 0.1) is 0 Å². The maximum Gasteiger partial charge on any atom is 0.411 e. The molecule has 1 aliphatic rings. The van der Waals surface area contributed by atoms with E-state index in [-0.39, 0.29) is 5.92 Å². The van der Waals surface area contributed by atoms with Gasteiger partial charge >= 0.3 is 12.1 Å². The summed E-state index contributed by atoms with van der Waals surface area (Å²) in [4.78, 5) is 25.0. The zero-order valence-corrected chi connectivity index (χ0v) is 14.3. The van der Waals surface area contributed by atoms with Crippen molar-refractivity contribution < 1.29 is 19.4 Å². The Balaban J connectivity index is 2.10. The molecule has 2 rings (SSSR count). The van der Waals surface area contributed by atoms with Crippen molar-refractivity contribution in [2.45, 2.75) is 45.3 Å². The molecule has 1 aromatic rings. The van der Waals surface area contributed by atoms with Gasteiger partial charge in [0, 0.05) is 11.6 Å². The van der Waals surface area contributed by atoms with Gasteiger partial charge in [-0.1, -0.05) is 29.8 Å². The van der Waals surface area contributed by atoms with Crippen molar-refractivity contribution in [2.24, 2.45) is 5.92 Å². The predicted octanol–water partition coefficient (Wildman–Crippen LogP) is 3.59. The maximum atomic E-state index is 12.3. The summed E-state index contributed by atoms with van der Waals surface area (Å²) in [5.41, 5.74) is 0.315. The number of likely N-dealkylation sites (tertiary alicyclic amines) is 1. The molecule has 1 heterocycles. The Kier molecular flexibility index (Phi) is 5.19. The molecule has 0 spiro atoms. The number of nitrogens with zero attached hydrogens (tertiary/aromatic N) is 1. The molecule has 1 aliphatic heterocycles. The van der Waals surface area contributed by atoms with Crippen LogP contribution in [-0.2, 0) is 16.0 Å². The molecular formula is C17H22ClNO4. The summed E-state index contributed by atoms with van der Waals surface area (Å²) in [5.74, 6) is -0.957. The van der Waals surface area contributed by atoms with E-state index in [1.807, 2.05) is 24.3 Å². The summed E-state index contributed by atoms with van der Waals surface area (Å²) in [6.45, 7) is 5.64. The van der Waals surface area contributed by atoms with Crippen LogP contribution >= 0.6 is 11.6 Å². The van der Waals surface area contributed by atoms with Crippen molar-refractivity contribution in [1.82, 2.24) is 4.90 Å². The molecule has 126 valence electrons. The molecule has 1 amide bonds. The van der Waals surface area contributed by atoms with E-state index in [1.54, 1.807) is 20.8 Å². The van der Waals surface area contributed by atoms with Crippen LogP contribution in [-0.4, -0.2) is 40.3 Å². The Bertz CT molecular complexity index is 597. The van der Waals surface area contributed by atoms with Crippen molar-refractivity contribution in [1.29, 1.82) is 0 Å². The van der Waals surface area contributed by atoms with Crippen LogP contribution in [0.15, 0.2) is 24.3 Å². The van der Waals surface area contributed by atoms with Gasteiger partial charge in [0.25, 0.3) is 0 Å². The first kappa shape index (κ1) is 17.6. The van der Waals surface area contributed by atoms with Gasteiger partial charge in [0.2, 0.25) is 0 Å². The summed E-state index contributed by atoms with van der Waals surface area (Å²) in [6, 6.07) is 6.64. The van der Waals surface area contributed by atoms with Crippen LogP contribution in [0.5, 0.6) is 0 Å². The number of carboxylic acid groups (broad SMARTS) is 1. The van der Waals surface area contributed by atoms with Crippen LogP contribution in [0.4, 0.5) is 4.79 Å². The second-order valence-corrected chi connectivity index (χ2v) is 7.29. The number of hydrogen-bond acceptors (Lipinski definition) is 3. The van der Waals surface area contributed by atoms with Gasteiger partial charge in [0.15, 0.2) is 0 Å². The van der Waals surface area contributed by atoms with Crippen molar-refractivity contribution in [3.8, 4) is 0 Å². The lowest BCUT2D eigenvalue weighted by Crippen LogP contribution is -2.43. The average Bonchev–Trinajstić information content (AvgIpc) is 2.84. The number of amides is 1. The number of carbonyl (C=O) groups is 2. The second-order valence-electron chi connectivity index (χ2n) is 6.88. The zero-order valence-electron chi connectivity index (χ0n) is 13.6. The SMILES string of the molecule is CC(C)(C)OC(=O)N1C[C@@H](Cc2ccccc2Cl)C[C@@H]1C(=O)O. The number of rotatable bonds is 3. The highest BCUT2D eigenvalue weighted by atomic mass is 35.5. The fourth-order valence-electron chi connectivity index (χ4n) is 2.80. The summed E-state index contributed by atoms with van der Waals surface area (Å²) in [5, 5.41) is 10.1. The first-order valence-electron chi connectivity index (χ1n) is 7.63. The third-order valence-corrected chi connectivity index (χ3v) is 4.14. The van der Waals surface area contributed by atoms with Crippen LogP contribution in [0.3, 0.4) is 0 Å². The third-order valence-electron chi connectivity index (χ3n) is 3.77. The molecule has 0 radical (unpaired) electrons. The van der Waals surface area contributed by atoms with E-state index in [0.717, 1.165) is 5.56 Å². The van der Waals surface area contributed by atoms with Crippen LogP contribution in [0.1, 0.15) is 32.8 Å². The summed E-state index contributed by atoms with van der Waals surface area (Å²) >= 11 is 6.17. The van der Waals surface area contributed by atoms with E-state index in [9.17, 15) is 14.7 Å². The lowest BCUT2D eigenvalue weighted by Gasteiger charge is -2.26. The summed E-state index contributed by atoms with van der Waals surface area (Å²) in [6.07, 6.45) is 0.467. The molecule has 1 fully saturated rings. The van der Waals surface area contributed by atoms with Crippen LogP contribution < -0.4 is 0 Å². The molecular weight excluding hydrogens is 318 g/mol. The fraction of sp³-hybridized carbons (Fsp3) is 0.529. The Morgan fingerprint density at radius 3 is 2.57 bits per heavy atom. The van der Waals surface area contributed by atoms with E-state index in [2.05, 4.69) is 0 Å². The minimum atomic E-state index is -1.00. The highest BCUT2D eigenvalue weighted by molar-refractivity contribution is 6.31. The lowest BCUT2D eigenvalue weighted by atomic mass is 9.97. The normalized spacial score (nSPS) is 21.3. The maximum absolute atomic E-state index is 12.3. The molecule has 0 saturated carbocycles. The number of halogens is 1. The number of hydrogen-bond donors (Lipinski definition) is 1. The van der Waals surface area contributed by atoms with E-state index in [1.165, 1.54) is 4.90 Å². The van der Waals surface area contributed by atoms with Crippen molar-refractivity contribution >= 4 is 23.7 Å². The Hall–Kier alpha value is -1.75. The zero-order chi connectivity index (χ0) is 17.2. The number of carboxylic acids is 1. The topological polar surface area (TPSA) is 66.8 Å². The van der Waals surface area contributed by atoms with E-state index in [0.29, 0.717) is 24.4 Å². The molecule has 6 heteroatoms. The van der Waals surface area contributed by atoms with Gasteiger partial charge in [-0.15, -0.1) is 0 Å². The number of carbonyl (C=O) groups excluding carboxylic acids is 1. The van der Waals surface area contributed by atoms with Crippen LogP contribution in [0, 0.1) is 5.92 Å². The van der Waals surface area contributed by atoms with Crippen molar-refractivity contribution in [3.05, 3.63) is 34.9 Å². The summed E-state index contributed by atoms with van der Waals surface area (Å²) in [7, 11) is 0. The minimum Gasteiger partial charge on any atom is -0.480 e. The van der Waals surface area contributed by atoms with Gasteiger partial charge < -0.3 is 9.84 Å². The van der Waals surface area contributed by atoms with Gasteiger partial charge in [0.1, 0.15) is 11.6 Å². The molecule has 0 unspecified atom stereocenters. The fourth-order valence-corrected chi connectivity index (χ4v) is 3.02. The smallest absolute Gasteiger partial charge is 0.411 e. The molecule has 23 heavy (non-hydrogen) atoms. The van der Waals surface area contributed by atoms with Gasteiger partial charge in [-0.3, -0.25) is 4.90 Å². The quantitative estimate of drug-likeness (QED) is 0.913. The standard InChI is InChI=1S/C17H22ClNO4/c1-17(2,3)23-16(22)19-10-11(9-14(19)15(20)21)8-12-6-4-5-7-13(12)18/h4-7,11,14H,8-10H2,1-3H3,(H,20,21)/t11-,14+/m0/s1. The molecule has 1 aromatic carbocycles. The van der Waals surface area contributed by atoms with E-state index < -0.39 is 23.7 Å². The van der Waals surface area contributed by atoms with Gasteiger partial charge in [-0.25, -0.2) is 9.59 Å². The molecule has 2 atom stereocenters. The van der Waals surface area contributed by atoms with Crippen LogP contribution in [0.25, 0.3) is 0 Å². The van der Waals surface area contributed by atoms with Crippen molar-refractivity contribution in [3.63, 3.8) is 0 Å². The molecule has 5 nitrogen and oxygen atoms in total. The molecule has 1 saturated heterocycles. The van der Waals surface area contributed by atoms with E-state index >= 15 is 0 Å². The number of aliphatic carboxylic acids is 1. The highest BCUT2D eigenvalue weighted by Gasteiger charge is 2.41. The van der Waals surface area contributed by atoms with Crippen molar-refractivity contribution in [2.75, 3.05) is 6.54 Å². The minimum absolute atomic E-state index is 0.0449. The first-order chi connectivity index (χ1) is 10.7. The Morgan fingerprint density at radius 1 is 1.35 bits per heavy atom. The molecule has 0 bridgehead atoms. The first-order valence-corrected chi connectivity index (χ1v) is 8.01. The highest BCUT2D eigenvalue weighted by Crippen LogP contribution is 2.30. The van der Waals surface area contributed by atoms with Gasteiger partial charge in [-0.2, -0.15) is 0 Å². The third kappa shape index (κ3) is 4.61. The molecule has 0 aliphatic carbocycles. The molecule has 0 aromatic heterocycles. The van der Waals surface area contributed by atoms with Crippen LogP contribution in [0.2, 0.25) is 5.02 Å². The predicted molar refractivity (Wildman–Crippen MR) is 87.6 cm³/mol. The average molecular weight is 340 g/mol. The Morgan fingerprint density at radius 2 is 2.00 bits per heavy atom. The largest absolute Gasteiger partial charge is 0.480 e. The summed E-state index contributed by atoms with van der Waals surface area (Å²) < 4.78 is 5.32. The number of benzene rings is 1. The lowest BCUT2D eigenvalue weighted by molar-refractivity contribution is -0.142. The van der Waals surface area contributed by atoms with Gasteiger partial charge in [-0.05, 0) is 51.2 Å². The molecule has 1 N–H and O–H groups in total. The van der Waals surface area contributed by atoms with E-state index in [4.69, 9.17) is 16.3 Å². The second kappa shape index (κ2) is 6.79. The number of ether oxygens (including phenoxy) is 1.